The van der Waals surface area contributed by atoms with Gasteiger partial charge in [-0.2, -0.15) is 5.10 Å². The molecule has 21 heavy (non-hydrogen) atoms. The topological polar surface area (TPSA) is 49.0 Å². The van der Waals surface area contributed by atoms with E-state index in [1.165, 1.54) is 12.1 Å². The van der Waals surface area contributed by atoms with Gasteiger partial charge in [0.25, 0.3) is 0 Å². The zero-order valence-electron chi connectivity index (χ0n) is 11.8. The molecule has 0 spiro atoms. The van der Waals surface area contributed by atoms with Crippen molar-refractivity contribution in [2.45, 2.75) is 31.7 Å². The maximum Gasteiger partial charge on any atom is 0.223 e. The van der Waals surface area contributed by atoms with Crippen LogP contribution in [-0.2, 0) is 11.2 Å². The summed E-state index contributed by atoms with van der Waals surface area (Å²) < 4.78 is 13.0. The summed E-state index contributed by atoms with van der Waals surface area (Å²) in [5.74, 6) is -0.0855. The lowest BCUT2D eigenvalue weighted by Crippen LogP contribution is -2.30. The van der Waals surface area contributed by atoms with Crippen LogP contribution in [0.5, 0.6) is 0 Å². The van der Waals surface area contributed by atoms with Gasteiger partial charge in [0.1, 0.15) is 5.82 Å². The van der Waals surface area contributed by atoms with Gasteiger partial charge in [-0.1, -0.05) is 12.1 Å². The monoisotopic (exact) mass is 287 g/mol. The van der Waals surface area contributed by atoms with Gasteiger partial charge in [-0.05, 0) is 42.5 Å². The minimum absolute atomic E-state index is 0.0856. The van der Waals surface area contributed by atoms with Gasteiger partial charge in [0.2, 0.25) is 5.91 Å². The summed E-state index contributed by atoms with van der Waals surface area (Å²) in [7, 11) is 0. The molecule has 0 bridgehead atoms. The second-order valence-electron chi connectivity index (χ2n) is 5.40. The lowest BCUT2D eigenvalue weighted by Gasteiger charge is -2.25. The molecule has 1 aromatic carbocycles. The molecule has 110 valence electrons. The highest BCUT2D eigenvalue weighted by atomic mass is 19.1. The fourth-order valence-electron chi connectivity index (χ4n) is 2.91. The third-order valence-electron chi connectivity index (χ3n) is 4.01. The number of rotatable bonds is 4. The van der Waals surface area contributed by atoms with Crippen molar-refractivity contribution in [1.82, 2.24) is 15.1 Å². The highest BCUT2D eigenvalue weighted by molar-refractivity contribution is 5.77. The maximum atomic E-state index is 13.0. The molecule has 0 saturated carbocycles. The van der Waals surface area contributed by atoms with Gasteiger partial charge in [0.15, 0.2) is 0 Å². The van der Waals surface area contributed by atoms with Crippen LogP contribution < -0.4 is 0 Å². The van der Waals surface area contributed by atoms with Gasteiger partial charge >= 0.3 is 0 Å². The number of benzene rings is 1. The summed E-state index contributed by atoms with van der Waals surface area (Å²) in [6.45, 7) is 0.784. The number of halogens is 1. The van der Waals surface area contributed by atoms with Gasteiger partial charge < -0.3 is 4.90 Å². The Labute approximate surface area is 123 Å². The lowest BCUT2D eigenvalue weighted by molar-refractivity contribution is -0.132. The van der Waals surface area contributed by atoms with Gasteiger partial charge in [-0.25, -0.2) is 4.39 Å². The first-order valence-corrected chi connectivity index (χ1v) is 7.26. The van der Waals surface area contributed by atoms with Gasteiger partial charge in [0, 0.05) is 19.2 Å². The molecule has 2 aromatic rings. The quantitative estimate of drug-likeness (QED) is 0.940. The third kappa shape index (κ3) is 3.12. The molecule has 3 rings (SSSR count). The first kappa shape index (κ1) is 13.8. The van der Waals surface area contributed by atoms with Gasteiger partial charge in [-0.3, -0.25) is 9.89 Å². The first-order valence-electron chi connectivity index (χ1n) is 7.26. The predicted octanol–water partition coefficient (Wildman–Crippen LogP) is 2.85. The molecule has 0 aliphatic carbocycles. The summed E-state index contributed by atoms with van der Waals surface area (Å²) >= 11 is 0. The summed E-state index contributed by atoms with van der Waals surface area (Å²) in [5, 5.41) is 6.64. The van der Waals surface area contributed by atoms with Crippen molar-refractivity contribution in [3.05, 3.63) is 53.6 Å². The molecule has 4 nitrogen and oxygen atoms in total. The molecule has 5 heteroatoms. The van der Waals surface area contributed by atoms with Crippen molar-refractivity contribution in [3.63, 3.8) is 0 Å². The number of nitrogens with one attached hydrogen (secondary N) is 1. The third-order valence-corrected chi connectivity index (χ3v) is 4.01. The fourth-order valence-corrected chi connectivity index (χ4v) is 2.91. The van der Waals surface area contributed by atoms with Gasteiger partial charge in [-0.15, -0.1) is 0 Å². The first-order chi connectivity index (χ1) is 10.2. The molecule has 0 unspecified atom stereocenters. The molecule has 1 saturated heterocycles. The summed E-state index contributed by atoms with van der Waals surface area (Å²) in [5.41, 5.74) is 2.06. The van der Waals surface area contributed by atoms with E-state index >= 15 is 0 Å². The van der Waals surface area contributed by atoms with Crippen LogP contribution in [0.25, 0.3) is 0 Å². The maximum absolute atomic E-state index is 13.0. The number of aromatic nitrogens is 2. The molecule has 2 heterocycles. The van der Waals surface area contributed by atoms with E-state index in [9.17, 15) is 9.18 Å². The van der Waals surface area contributed by atoms with Crippen molar-refractivity contribution in [1.29, 1.82) is 0 Å². The molecule has 0 radical (unpaired) electrons. The van der Waals surface area contributed by atoms with Crippen LogP contribution >= 0.6 is 0 Å². The Balaban J connectivity index is 1.65. The lowest BCUT2D eigenvalue weighted by atomic mass is 10.0. The van der Waals surface area contributed by atoms with Crippen molar-refractivity contribution >= 4 is 5.91 Å². The molecular formula is C16H18FN3O. The average Bonchev–Trinajstić information content (AvgIpc) is 3.17. The Kier molecular flexibility index (Phi) is 3.99. The zero-order chi connectivity index (χ0) is 14.7. The molecule has 1 amide bonds. The second-order valence-corrected chi connectivity index (χ2v) is 5.40. The van der Waals surface area contributed by atoms with Crippen LogP contribution in [0.1, 0.15) is 36.4 Å². The van der Waals surface area contributed by atoms with Crippen LogP contribution in [0, 0.1) is 5.82 Å². The number of likely N-dealkylation sites (tertiary alicyclic amines) is 1. The number of hydrogen-bond acceptors (Lipinski definition) is 2. The summed E-state index contributed by atoms with van der Waals surface area (Å²) in [4.78, 5) is 14.3. The number of carbonyl (C=O) groups excluding carboxylic acids is 1. The zero-order valence-corrected chi connectivity index (χ0v) is 11.8. The van der Waals surface area contributed by atoms with Gasteiger partial charge in [0.05, 0.1) is 12.2 Å². The number of nitrogens with zero attached hydrogens (tertiary/aromatic N) is 2. The highest BCUT2D eigenvalue weighted by Crippen LogP contribution is 2.32. The van der Waals surface area contributed by atoms with E-state index in [2.05, 4.69) is 10.2 Å². The highest BCUT2D eigenvalue weighted by Gasteiger charge is 2.29. The molecule has 1 aliphatic rings. The minimum Gasteiger partial charge on any atom is -0.336 e. The number of carbonyl (C=O) groups is 1. The van der Waals surface area contributed by atoms with E-state index in [0.29, 0.717) is 12.8 Å². The standard InChI is InChI=1S/C16H18FN3O/c17-14-6-4-13(5-7-14)15-2-1-9-20(15)16(21)8-3-12-10-18-19-11-12/h4-7,10-11,15H,1-3,8-9H2,(H,18,19)/t15-/m0/s1. The molecule has 1 atom stereocenters. The molecule has 1 aromatic heterocycles. The Morgan fingerprint density at radius 2 is 2.19 bits per heavy atom. The molecule has 1 fully saturated rings. The Morgan fingerprint density at radius 1 is 1.38 bits per heavy atom. The van der Waals surface area contributed by atoms with E-state index in [1.54, 1.807) is 18.3 Å². The van der Waals surface area contributed by atoms with Crippen molar-refractivity contribution < 1.29 is 9.18 Å². The van der Waals surface area contributed by atoms with E-state index in [4.69, 9.17) is 0 Å². The van der Waals surface area contributed by atoms with E-state index in [0.717, 1.165) is 30.5 Å². The second kappa shape index (κ2) is 6.08. The van der Waals surface area contributed by atoms with Crippen LogP contribution in [0.15, 0.2) is 36.7 Å². The van der Waals surface area contributed by atoms with E-state index in [-0.39, 0.29) is 17.8 Å². The van der Waals surface area contributed by atoms with E-state index < -0.39 is 0 Å². The normalized spacial score (nSPS) is 18.1. The molecule has 1 N–H and O–H groups in total. The van der Waals surface area contributed by atoms with Crippen molar-refractivity contribution in [2.24, 2.45) is 0 Å². The van der Waals surface area contributed by atoms with Crippen molar-refractivity contribution in [3.8, 4) is 0 Å². The Morgan fingerprint density at radius 3 is 2.90 bits per heavy atom. The average molecular weight is 287 g/mol. The minimum atomic E-state index is -0.241. The molecule has 1 aliphatic heterocycles. The van der Waals surface area contributed by atoms with Crippen LogP contribution in [0.4, 0.5) is 4.39 Å². The predicted molar refractivity (Wildman–Crippen MR) is 77.0 cm³/mol. The number of aryl methyl sites for hydroxylation is 1. The van der Waals surface area contributed by atoms with Crippen LogP contribution in [0.2, 0.25) is 0 Å². The summed E-state index contributed by atoms with van der Waals surface area (Å²) in [6, 6.07) is 6.56. The van der Waals surface area contributed by atoms with Crippen LogP contribution in [0.3, 0.4) is 0 Å². The Hall–Kier alpha value is -2.17. The fraction of sp³-hybridized carbons (Fsp3) is 0.375. The number of hydrogen-bond donors (Lipinski definition) is 1. The van der Waals surface area contributed by atoms with Crippen molar-refractivity contribution in [2.75, 3.05) is 6.54 Å². The SMILES string of the molecule is O=C(CCc1cn[nH]c1)N1CCC[C@H]1c1ccc(F)cc1. The number of aromatic amines is 1. The Bertz CT molecular complexity index is 594. The number of H-pyrrole nitrogens is 1. The largest absolute Gasteiger partial charge is 0.336 e. The molecular weight excluding hydrogens is 269 g/mol. The number of amides is 1. The van der Waals surface area contributed by atoms with E-state index in [1.807, 2.05) is 11.1 Å². The van der Waals surface area contributed by atoms with Crippen LogP contribution in [-0.4, -0.2) is 27.5 Å². The summed E-state index contributed by atoms with van der Waals surface area (Å²) in [6.07, 6.45) is 6.69. The smallest absolute Gasteiger partial charge is 0.223 e.